The Morgan fingerprint density at radius 3 is 2.82 bits per heavy atom. The Hall–Kier alpha value is -2.96. The zero-order chi connectivity index (χ0) is 15.9. The normalized spacial score (nSPS) is 12.1. The Morgan fingerprint density at radius 1 is 1.36 bits per heavy atom. The molecule has 0 aliphatic rings. The minimum atomic E-state index is 0.438. The molecule has 0 amide bonds. The van der Waals surface area contributed by atoms with Crippen LogP contribution in [0.1, 0.15) is 12.7 Å². The molecular weight excluding hydrogens is 280 g/mol. The molecule has 2 rings (SSSR count). The van der Waals surface area contributed by atoms with Crippen LogP contribution in [0.3, 0.4) is 0 Å². The summed E-state index contributed by atoms with van der Waals surface area (Å²) in [4.78, 5) is 12.4. The van der Waals surface area contributed by atoms with Gasteiger partial charge in [-0.05, 0) is 32.1 Å². The standard InChI is InChI=1S/C15H18N6O/c1-5-13(18-15-16-9-8-14(19-15)22-4)7-6-11(2)21-10-17-12(3)20-21/h5-10H,1H2,2-4H3,(H,16,18,19)/b11-6+,13-7+. The van der Waals surface area contributed by atoms with Crippen molar-refractivity contribution in [1.82, 2.24) is 24.7 Å². The fourth-order valence-corrected chi connectivity index (χ4v) is 1.61. The number of methoxy groups -OCH3 is 1. The maximum absolute atomic E-state index is 5.06. The zero-order valence-electron chi connectivity index (χ0n) is 12.8. The van der Waals surface area contributed by atoms with Crippen LogP contribution in [0.4, 0.5) is 5.95 Å². The van der Waals surface area contributed by atoms with E-state index in [1.165, 1.54) is 0 Å². The Balaban J connectivity index is 2.15. The lowest BCUT2D eigenvalue weighted by molar-refractivity contribution is 0.397. The number of aryl methyl sites for hydroxylation is 1. The molecule has 0 saturated carbocycles. The van der Waals surface area contributed by atoms with Crippen LogP contribution in [0.5, 0.6) is 5.88 Å². The second-order valence-electron chi connectivity index (χ2n) is 4.42. The van der Waals surface area contributed by atoms with E-state index in [1.54, 1.807) is 36.5 Å². The van der Waals surface area contributed by atoms with Crippen LogP contribution in [0.15, 0.2) is 49.1 Å². The summed E-state index contributed by atoms with van der Waals surface area (Å²) < 4.78 is 6.76. The Morgan fingerprint density at radius 2 is 2.18 bits per heavy atom. The summed E-state index contributed by atoms with van der Waals surface area (Å²) in [6, 6.07) is 1.68. The summed E-state index contributed by atoms with van der Waals surface area (Å²) >= 11 is 0. The predicted octanol–water partition coefficient (Wildman–Crippen LogP) is 2.43. The summed E-state index contributed by atoms with van der Waals surface area (Å²) in [6.07, 6.45) is 8.73. The average molecular weight is 298 g/mol. The van der Waals surface area contributed by atoms with Crippen molar-refractivity contribution in [3.05, 3.63) is 54.9 Å². The summed E-state index contributed by atoms with van der Waals surface area (Å²) in [6.45, 7) is 7.55. The Labute approximate surface area is 129 Å². The van der Waals surface area contributed by atoms with Gasteiger partial charge in [-0.15, -0.1) is 0 Å². The van der Waals surface area contributed by atoms with Gasteiger partial charge < -0.3 is 10.1 Å². The van der Waals surface area contributed by atoms with Crippen molar-refractivity contribution in [2.75, 3.05) is 12.4 Å². The van der Waals surface area contributed by atoms with Crippen LogP contribution >= 0.6 is 0 Å². The second-order valence-corrected chi connectivity index (χ2v) is 4.42. The van der Waals surface area contributed by atoms with Crippen molar-refractivity contribution in [3.8, 4) is 5.88 Å². The van der Waals surface area contributed by atoms with Gasteiger partial charge in [0.1, 0.15) is 12.2 Å². The van der Waals surface area contributed by atoms with Crippen molar-refractivity contribution < 1.29 is 4.74 Å². The summed E-state index contributed by atoms with van der Waals surface area (Å²) in [5.41, 5.74) is 1.68. The molecule has 7 nitrogen and oxygen atoms in total. The van der Waals surface area contributed by atoms with Gasteiger partial charge in [-0.25, -0.2) is 14.6 Å². The molecule has 0 unspecified atom stereocenters. The van der Waals surface area contributed by atoms with Gasteiger partial charge in [0, 0.05) is 23.7 Å². The first-order chi connectivity index (χ1) is 10.6. The first-order valence-corrected chi connectivity index (χ1v) is 6.66. The molecule has 0 bridgehead atoms. The molecule has 0 saturated heterocycles. The summed E-state index contributed by atoms with van der Waals surface area (Å²) in [5, 5.41) is 7.31. The third-order valence-corrected chi connectivity index (χ3v) is 2.79. The molecule has 22 heavy (non-hydrogen) atoms. The molecule has 7 heteroatoms. The molecule has 1 N–H and O–H groups in total. The minimum absolute atomic E-state index is 0.438. The van der Waals surface area contributed by atoms with Crippen molar-refractivity contribution >= 4 is 11.6 Å². The quantitative estimate of drug-likeness (QED) is 0.825. The fraction of sp³-hybridized carbons (Fsp3) is 0.200. The first-order valence-electron chi connectivity index (χ1n) is 6.66. The van der Waals surface area contributed by atoms with E-state index in [0.29, 0.717) is 11.8 Å². The van der Waals surface area contributed by atoms with Crippen LogP contribution < -0.4 is 10.1 Å². The largest absolute Gasteiger partial charge is 0.481 e. The number of rotatable bonds is 6. The zero-order valence-corrected chi connectivity index (χ0v) is 12.8. The van der Waals surface area contributed by atoms with E-state index in [1.807, 2.05) is 26.0 Å². The Bertz CT molecular complexity index is 716. The first kappa shape index (κ1) is 15.4. The highest BCUT2D eigenvalue weighted by Gasteiger charge is 2.00. The highest BCUT2D eigenvalue weighted by atomic mass is 16.5. The van der Waals surface area contributed by atoms with Gasteiger partial charge in [-0.2, -0.15) is 10.1 Å². The van der Waals surface area contributed by atoms with Gasteiger partial charge in [0.2, 0.25) is 11.8 Å². The van der Waals surface area contributed by atoms with Crippen molar-refractivity contribution in [2.45, 2.75) is 13.8 Å². The molecule has 0 atom stereocenters. The lowest BCUT2D eigenvalue weighted by Crippen LogP contribution is -2.02. The lowest BCUT2D eigenvalue weighted by Gasteiger charge is -2.06. The Kier molecular flexibility index (Phi) is 5.02. The summed E-state index contributed by atoms with van der Waals surface area (Å²) in [5.74, 6) is 1.66. The van der Waals surface area contributed by atoms with E-state index in [4.69, 9.17) is 4.74 Å². The average Bonchev–Trinajstić information content (AvgIpc) is 2.97. The maximum Gasteiger partial charge on any atom is 0.230 e. The number of hydrogen-bond acceptors (Lipinski definition) is 6. The van der Waals surface area contributed by atoms with E-state index in [-0.39, 0.29) is 0 Å². The third-order valence-electron chi connectivity index (χ3n) is 2.79. The van der Waals surface area contributed by atoms with Gasteiger partial charge in [0.15, 0.2) is 0 Å². The molecular formula is C15H18N6O. The molecule has 0 spiro atoms. The molecule has 0 aromatic carbocycles. The molecule has 2 aromatic heterocycles. The van der Waals surface area contributed by atoms with Gasteiger partial charge in [-0.3, -0.25) is 0 Å². The molecule has 0 aliphatic heterocycles. The molecule has 2 aromatic rings. The van der Waals surface area contributed by atoms with Crippen LogP contribution in [-0.2, 0) is 0 Å². The number of nitrogens with zero attached hydrogens (tertiary/aromatic N) is 5. The van der Waals surface area contributed by atoms with Crippen LogP contribution in [-0.4, -0.2) is 31.8 Å². The van der Waals surface area contributed by atoms with Gasteiger partial charge >= 0.3 is 0 Å². The highest BCUT2D eigenvalue weighted by Crippen LogP contribution is 2.10. The van der Waals surface area contributed by atoms with Crippen LogP contribution in [0.2, 0.25) is 0 Å². The molecule has 0 aliphatic carbocycles. The smallest absolute Gasteiger partial charge is 0.230 e. The summed E-state index contributed by atoms with van der Waals surface area (Å²) in [7, 11) is 1.56. The SMILES string of the molecule is C=C/C(=C\C=C(/C)n1cnc(C)n1)Nc1nccc(OC)n1. The fourth-order valence-electron chi connectivity index (χ4n) is 1.61. The monoisotopic (exact) mass is 298 g/mol. The minimum Gasteiger partial charge on any atom is -0.481 e. The van der Waals surface area contributed by atoms with Gasteiger partial charge in [0.05, 0.1) is 7.11 Å². The second kappa shape index (κ2) is 7.16. The van der Waals surface area contributed by atoms with Gasteiger partial charge in [-0.1, -0.05) is 6.58 Å². The van der Waals surface area contributed by atoms with E-state index in [9.17, 15) is 0 Å². The predicted molar refractivity (Wildman–Crippen MR) is 85.2 cm³/mol. The topological polar surface area (TPSA) is 77.8 Å². The highest BCUT2D eigenvalue weighted by molar-refractivity contribution is 5.48. The molecule has 0 radical (unpaired) electrons. The van der Waals surface area contributed by atoms with Crippen molar-refractivity contribution in [1.29, 1.82) is 0 Å². The number of nitrogens with one attached hydrogen (secondary N) is 1. The molecule has 114 valence electrons. The number of hydrogen-bond donors (Lipinski definition) is 1. The number of allylic oxidation sites excluding steroid dienone is 4. The van der Waals surface area contributed by atoms with Crippen LogP contribution in [0, 0.1) is 6.92 Å². The van der Waals surface area contributed by atoms with Crippen LogP contribution in [0.25, 0.3) is 5.70 Å². The van der Waals surface area contributed by atoms with Gasteiger partial charge in [0.25, 0.3) is 0 Å². The van der Waals surface area contributed by atoms with E-state index >= 15 is 0 Å². The number of aromatic nitrogens is 5. The number of anilines is 1. The van der Waals surface area contributed by atoms with Crippen molar-refractivity contribution in [3.63, 3.8) is 0 Å². The maximum atomic E-state index is 5.06. The molecule has 0 fully saturated rings. The third kappa shape index (κ3) is 4.02. The van der Waals surface area contributed by atoms with E-state index in [0.717, 1.165) is 17.2 Å². The molecule has 2 heterocycles. The van der Waals surface area contributed by atoms with E-state index in [2.05, 4.69) is 31.9 Å². The number of ether oxygens (including phenoxy) is 1. The van der Waals surface area contributed by atoms with Crippen molar-refractivity contribution in [2.24, 2.45) is 0 Å². The lowest BCUT2D eigenvalue weighted by atomic mass is 10.3. The van der Waals surface area contributed by atoms with E-state index < -0.39 is 0 Å².